The summed E-state index contributed by atoms with van der Waals surface area (Å²) in [7, 11) is 0. The number of ether oxygens (including phenoxy) is 1. The lowest BCUT2D eigenvalue weighted by atomic mass is 10.1. The van der Waals surface area contributed by atoms with Crippen molar-refractivity contribution in [1.82, 2.24) is 0 Å². The zero-order chi connectivity index (χ0) is 11.1. The summed E-state index contributed by atoms with van der Waals surface area (Å²) < 4.78 is 5.77. The third-order valence-corrected chi connectivity index (χ3v) is 2.50. The van der Waals surface area contributed by atoms with Gasteiger partial charge in [0.2, 0.25) is 0 Å². The average molecular weight is 207 g/mol. The van der Waals surface area contributed by atoms with Gasteiger partial charge in [-0.05, 0) is 50.8 Å². The van der Waals surface area contributed by atoms with Gasteiger partial charge in [-0.2, -0.15) is 0 Å². The molecule has 0 radical (unpaired) electrons. The van der Waals surface area contributed by atoms with Crippen molar-refractivity contribution in [3.63, 3.8) is 0 Å². The Morgan fingerprint density at radius 1 is 1.07 bits per heavy atom. The fraction of sp³-hybridized carbons (Fsp3) is 0.538. The second-order valence-electron chi connectivity index (χ2n) is 3.92. The number of unbranched alkanes of at least 4 members (excludes halogenated alkanes) is 2. The molecule has 84 valence electrons. The summed E-state index contributed by atoms with van der Waals surface area (Å²) in [6.45, 7) is 5.75. The van der Waals surface area contributed by atoms with Crippen LogP contribution in [0, 0.1) is 13.8 Å². The SMILES string of the molecule is Cc1cccc(C)c1OCCCCCN. The molecule has 0 spiro atoms. The molecule has 2 heteroatoms. The first-order chi connectivity index (χ1) is 7.25. The monoisotopic (exact) mass is 207 g/mol. The highest BCUT2D eigenvalue weighted by Gasteiger charge is 2.01. The van der Waals surface area contributed by atoms with Crippen LogP contribution in [0.4, 0.5) is 0 Å². The predicted molar refractivity (Wildman–Crippen MR) is 64.3 cm³/mol. The molecular formula is C13H21NO. The van der Waals surface area contributed by atoms with Gasteiger partial charge in [-0.15, -0.1) is 0 Å². The minimum atomic E-state index is 0.781. The lowest BCUT2D eigenvalue weighted by molar-refractivity contribution is 0.302. The zero-order valence-electron chi connectivity index (χ0n) is 9.75. The Labute approximate surface area is 92.4 Å². The van der Waals surface area contributed by atoms with Crippen LogP contribution in [0.1, 0.15) is 30.4 Å². The molecule has 0 atom stereocenters. The summed E-state index contributed by atoms with van der Waals surface area (Å²) in [6.07, 6.45) is 3.34. The van der Waals surface area contributed by atoms with Crippen molar-refractivity contribution in [2.45, 2.75) is 33.1 Å². The van der Waals surface area contributed by atoms with Crippen LogP contribution in [-0.4, -0.2) is 13.2 Å². The first kappa shape index (κ1) is 12.1. The molecule has 0 unspecified atom stereocenters. The fourth-order valence-corrected chi connectivity index (χ4v) is 1.62. The summed E-state index contributed by atoms with van der Waals surface area (Å²) in [5.74, 6) is 1.05. The Morgan fingerprint density at radius 2 is 1.73 bits per heavy atom. The third kappa shape index (κ3) is 3.92. The van der Waals surface area contributed by atoms with Crippen LogP contribution in [0.15, 0.2) is 18.2 Å². The van der Waals surface area contributed by atoms with Gasteiger partial charge in [-0.25, -0.2) is 0 Å². The Morgan fingerprint density at radius 3 is 2.33 bits per heavy atom. The van der Waals surface area contributed by atoms with E-state index in [0.29, 0.717) is 0 Å². The highest BCUT2D eigenvalue weighted by molar-refractivity contribution is 5.39. The number of hydrogen-bond acceptors (Lipinski definition) is 2. The highest BCUT2D eigenvalue weighted by Crippen LogP contribution is 2.22. The maximum Gasteiger partial charge on any atom is 0.125 e. The largest absolute Gasteiger partial charge is 0.493 e. The van der Waals surface area contributed by atoms with Crippen LogP contribution >= 0.6 is 0 Å². The van der Waals surface area contributed by atoms with E-state index in [9.17, 15) is 0 Å². The first-order valence-corrected chi connectivity index (χ1v) is 5.65. The molecule has 0 fully saturated rings. The molecule has 0 saturated carbocycles. The van der Waals surface area contributed by atoms with Gasteiger partial charge in [0.15, 0.2) is 0 Å². The first-order valence-electron chi connectivity index (χ1n) is 5.65. The average Bonchev–Trinajstić information content (AvgIpc) is 2.21. The zero-order valence-corrected chi connectivity index (χ0v) is 9.75. The molecule has 0 aliphatic carbocycles. The molecule has 1 rings (SSSR count). The molecule has 2 nitrogen and oxygen atoms in total. The molecule has 1 aromatic rings. The van der Waals surface area contributed by atoms with Crippen LogP contribution in [0.5, 0.6) is 5.75 Å². The van der Waals surface area contributed by atoms with Crippen LogP contribution in [0.3, 0.4) is 0 Å². The third-order valence-electron chi connectivity index (χ3n) is 2.50. The van der Waals surface area contributed by atoms with E-state index in [1.54, 1.807) is 0 Å². The van der Waals surface area contributed by atoms with Crippen molar-refractivity contribution in [3.8, 4) is 5.75 Å². The van der Waals surface area contributed by atoms with Crippen LogP contribution in [0.2, 0.25) is 0 Å². The van der Waals surface area contributed by atoms with Crippen LogP contribution < -0.4 is 10.5 Å². The van der Waals surface area contributed by atoms with E-state index in [4.69, 9.17) is 10.5 Å². The number of rotatable bonds is 6. The van der Waals surface area contributed by atoms with Gasteiger partial charge < -0.3 is 10.5 Å². The van der Waals surface area contributed by atoms with Crippen molar-refractivity contribution in [1.29, 1.82) is 0 Å². The fourth-order valence-electron chi connectivity index (χ4n) is 1.62. The Hall–Kier alpha value is -1.02. The number of benzene rings is 1. The van der Waals surface area contributed by atoms with E-state index in [1.165, 1.54) is 11.1 Å². The predicted octanol–water partition coefficient (Wildman–Crippen LogP) is 2.81. The second kappa shape index (κ2) is 6.46. The Balaban J connectivity index is 2.37. The van der Waals surface area contributed by atoms with Gasteiger partial charge >= 0.3 is 0 Å². The van der Waals surface area contributed by atoms with E-state index in [2.05, 4.69) is 32.0 Å². The van der Waals surface area contributed by atoms with Crippen molar-refractivity contribution < 1.29 is 4.74 Å². The van der Waals surface area contributed by atoms with Crippen LogP contribution in [0.25, 0.3) is 0 Å². The standard InChI is InChI=1S/C13H21NO/c1-11-7-6-8-12(2)13(11)15-10-5-3-4-9-14/h6-8H,3-5,9-10,14H2,1-2H3. The number of nitrogens with two attached hydrogens (primary N) is 1. The topological polar surface area (TPSA) is 35.2 Å². The van der Waals surface area contributed by atoms with Gasteiger partial charge in [0, 0.05) is 0 Å². The Bertz CT molecular complexity index is 276. The molecule has 1 aromatic carbocycles. The van der Waals surface area contributed by atoms with Gasteiger partial charge in [0.1, 0.15) is 5.75 Å². The van der Waals surface area contributed by atoms with Gasteiger partial charge in [-0.3, -0.25) is 0 Å². The van der Waals surface area contributed by atoms with Crippen molar-refractivity contribution in [2.75, 3.05) is 13.2 Å². The van der Waals surface area contributed by atoms with E-state index >= 15 is 0 Å². The maximum atomic E-state index is 5.77. The van der Waals surface area contributed by atoms with Gasteiger partial charge in [-0.1, -0.05) is 18.2 Å². The summed E-state index contributed by atoms with van der Waals surface area (Å²) in [5, 5.41) is 0. The number of hydrogen-bond donors (Lipinski definition) is 1. The lowest BCUT2D eigenvalue weighted by Gasteiger charge is -2.11. The van der Waals surface area contributed by atoms with Gasteiger partial charge in [0.25, 0.3) is 0 Å². The van der Waals surface area contributed by atoms with Crippen LogP contribution in [-0.2, 0) is 0 Å². The smallest absolute Gasteiger partial charge is 0.125 e. The highest BCUT2D eigenvalue weighted by atomic mass is 16.5. The molecule has 0 bridgehead atoms. The molecule has 0 aliphatic rings. The van der Waals surface area contributed by atoms with Crippen molar-refractivity contribution in [2.24, 2.45) is 5.73 Å². The quantitative estimate of drug-likeness (QED) is 0.728. The molecule has 0 saturated heterocycles. The summed E-state index contributed by atoms with van der Waals surface area (Å²) in [5.41, 5.74) is 7.86. The van der Waals surface area contributed by atoms with E-state index in [-0.39, 0.29) is 0 Å². The molecule has 0 aromatic heterocycles. The molecule has 0 aliphatic heterocycles. The summed E-state index contributed by atoms with van der Waals surface area (Å²) in [4.78, 5) is 0. The minimum absolute atomic E-state index is 0.781. The normalized spacial score (nSPS) is 10.3. The minimum Gasteiger partial charge on any atom is -0.493 e. The lowest BCUT2D eigenvalue weighted by Crippen LogP contribution is -2.03. The van der Waals surface area contributed by atoms with E-state index in [0.717, 1.165) is 38.2 Å². The van der Waals surface area contributed by atoms with E-state index in [1.807, 2.05) is 0 Å². The molecule has 2 N–H and O–H groups in total. The van der Waals surface area contributed by atoms with Crippen molar-refractivity contribution in [3.05, 3.63) is 29.3 Å². The molecule has 0 amide bonds. The van der Waals surface area contributed by atoms with Gasteiger partial charge in [0.05, 0.1) is 6.61 Å². The molecular weight excluding hydrogens is 186 g/mol. The second-order valence-corrected chi connectivity index (χ2v) is 3.92. The van der Waals surface area contributed by atoms with E-state index < -0.39 is 0 Å². The number of para-hydroxylation sites is 1. The molecule has 15 heavy (non-hydrogen) atoms. The maximum absolute atomic E-state index is 5.77. The Kier molecular flexibility index (Phi) is 5.19. The summed E-state index contributed by atoms with van der Waals surface area (Å²) >= 11 is 0. The summed E-state index contributed by atoms with van der Waals surface area (Å²) in [6, 6.07) is 6.23. The molecule has 0 heterocycles. The number of aryl methyl sites for hydroxylation is 2. The van der Waals surface area contributed by atoms with Crippen molar-refractivity contribution >= 4 is 0 Å².